The first-order valence-corrected chi connectivity index (χ1v) is 15.4. The van der Waals surface area contributed by atoms with Crippen LogP contribution in [-0.2, 0) is 0 Å². The van der Waals surface area contributed by atoms with Gasteiger partial charge in [-0.05, 0) is 66.7 Å². The van der Waals surface area contributed by atoms with Gasteiger partial charge in [-0.1, -0.05) is 60.7 Å². The molecule has 3 aromatic heterocycles. The fourth-order valence-corrected chi connectivity index (χ4v) is 7.56. The number of aromatic nitrogens is 3. The van der Waals surface area contributed by atoms with E-state index in [2.05, 4.69) is 94.1 Å². The summed E-state index contributed by atoms with van der Waals surface area (Å²) in [6.45, 7) is 0. The molecule has 0 amide bonds. The minimum Gasteiger partial charge on any atom is -0.309 e. The second-order valence-corrected chi connectivity index (χ2v) is 12.1. The largest absolute Gasteiger partial charge is 0.309 e. The predicted molar refractivity (Wildman–Crippen MR) is 183 cm³/mol. The number of thiazole rings is 1. The summed E-state index contributed by atoms with van der Waals surface area (Å²) in [4.78, 5) is 5.05. The lowest BCUT2D eigenvalue weighted by atomic mass is 10.1. The number of hydrogen-bond acceptors (Lipinski definition) is 4. The van der Waals surface area contributed by atoms with E-state index in [1.165, 1.54) is 0 Å². The van der Waals surface area contributed by atoms with E-state index in [0.717, 1.165) is 75.8 Å². The summed E-state index contributed by atoms with van der Waals surface area (Å²) in [5.74, 6) is 0. The molecule has 0 unspecified atom stereocenters. The van der Waals surface area contributed by atoms with E-state index >= 15 is 0 Å². The van der Waals surface area contributed by atoms with Crippen molar-refractivity contribution < 1.29 is 0 Å². The molecule has 0 bridgehead atoms. The van der Waals surface area contributed by atoms with E-state index in [4.69, 9.17) is 4.98 Å². The fourth-order valence-electron chi connectivity index (χ4n) is 6.61. The molecule has 0 N–H and O–H groups in total. The number of nitrogens with zero attached hydrogens (tertiary/aromatic N) is 5. The number of nitriles is 2. The zero-order valence-corrected chi connectivity index (χ0v) is 24.6. The van der Waals surface area contributed by atoms with Crippen molar-refractivity contribution in [1.82, 2.24) is 14.1 Å². The molecule has 6 aromatic carbocycles. The Labute approximate surface area is 261 Å². The van der Waals surface area contributed by atoms with Crippen molar-refractivity contribution in [1.29, 1.82) is 10.5 Å². The molecule has 0 saturated heterocycles. The monoisotopic (exact) mass is 591 g/mol. The van der Waals surface area contributed by atoms with Gasteiger partial charge in [0.1, 0.15) is 5.01 Å². The Morgan fingerprint density at radius 3 is 1.58 bits per heavy atom. The second-order valence-electron chi connectivity index (χ2n) is 11.1. The van der Waals surface area contributed by atoms with Crippen molar-refractivity contribution >= 4 is 65.2 Å². The first-order chi connectivity index (χ1) is 22.2. The minimum atomic E-state index is 0.612. The average Bonchev–Trinajstić information content (AvgIpc) is 3.77. The summed E-state index contributed by atoms with van der Waals surface area (Å²) in [6.07, 6.45) is 0. The summed E-state index contributed by atoms with van der Waals surface area (Å²) < 4.78 is 5.63. The number of rotatable bonds is 3. The van der Waals surface area contributed by atoms with Crippen LogP contribution in [0.3, 0.4) is 0 Å². The predicted octanol–water partition coefficient (Wildman–Crippen LogP) is 9.90. The van der Waals surface area contributed by atoms with Gasteiger partial charge in [0.15, 0.2) is 0 Å². The maximum atomic E-state index is 9.82. The highest BCUT2D eigenvalue weighted by atomic mass is 32.1. The van der Waals surface area contributed by atoms with Gasteiger partial charge in [0, 0.05) is 38.5 Å². The van der Waals surface area contributed by atoms with Crippen molar-refractivity contribution in [3.05, 3.63) is 139 Å². The molecular weight excluding hydrogens is 571 g/mol. The quantitative estimate of drug-likeness (QED) is 0.205. The molecule has 0 spiro atoms. The summed E-state index contributed by atoms with van der Waals surface area (Å²) in [5, 5.41) is 25.0. The normalized spacial score (nSPS) is 11.5. The van der Waals surface area contributed by atoms with Crippen molar-refractivity contribution in [2.45, 2.75) is 0 Å². The average molecular weight is 592 g/mol. The molecule has 0 aliphatic rings. The highest BCUT2D eigenvalue weighted by molar-refractivity contribution is 7.21. The van der Waals surface area contributed by atoms with Crippen LogP contribution in [0.2, 0.25) is 0 Å². The lowest BCUT2D eigenvalue weighted by Crippen LogP contribution is -2.00. The number of fused-ring (bicyclic) bond motifs is 7. The maximum Gasteiger partial charge on any atom is 0.124 e. The Bertz CT molecular complexity index is 2560. The van der Waals surface area contributed by atoms with Crippen LogP contribution in [0.1, 0.15) is 11.1 Å². The first-order valence-electron chi connectivity index (χ1n) is 14.6. The first kappa shape index (κ1) is 25.3. The minimum absolute atomic E-state index is 0.612. The Morgan fingerprint density at radius 1 is 0.511 bits per heavy atom. The molecule has 0 aliphatic heterocycles. The van der Waals surface area contributed by atoms with E-state index < -0.39 is 0 Å². The van der Waals surface area contributed by atoms with Crippen molar-refractivity contribution in [2.24, 2.45) is 0 Å². The summed E-state index contributed by atoms with van der Waals surface area (Å²) >= 11 is 1.67. The zero-order chi connectivity index (χ0) is 30.1. The Hall–Kier alpha value is -6.21. The third-order valence-corrected chi connectivity index (χ3v) is 9.65. The molecule has 208 valence electrons. The molecule has 0 radical (unpaired) electrons. The van der Waals surface area contributed by atoms with Gasteiger partial charge in [-0.25, -0.2) is 4.98 Å². The lowest BCUT2D eigenvalue weighted by Gasteiger charge is -2.15. The van der Waals surface area contributed by atoms with Gasteiger partial charge in [-0.15, -0.1) is 11.3 Å². The second kappa shape index (κ2) is 9.65. The van der Waals surface area contributed by atoms with Crippen LogP contribution >= 0.6 is 11.3 Å². The van der Waals surface area contributed by atoms with Gasteiger partial charge in [0.25, 0.3) is 0 Å². The van der Waals surface area contributed by atoms with Gasteiger partial charge in [-0.2, -0.15) is 10.5 Å². The molecule has 9 aromatic rings. The third kappa shape index (κ3) is 3.81. The lowest BCUT2D eigenvalue weighted by molar-refractivity contribution is 1.13. The summed E-state index contributed by atoms with van der Waals surface area (Å²) in [6, 6.07) is 48.0. The molecule has 5 nitrogen and oxygen atoms in total. The standard InChI is InChI=1S/C39H21N5S/c40-22-24-13-15-31-29-7-1-4-10-34(29)43(36(31)17-24)27-19-26(39-42-33-9-3-6-12-38(33)45-39)20-28(21-27)44-35-11-5-2-8-30(35)32-16-14-25(23-41)18-37(32)44/h1-21H. The van der Waals surface area contributed by atoms with Gasteiger partial charge < -0.3 is 9.13 Å². The van der Waals surface area contributed by atoms with E-state index in [-0.39, 0.29) is 0 Å². The van der Waals surface area contributed by atoms with Gasteiger partial charge >= 0.3 is 0 Å². The van der Waals surface area contributed by atoms with E-state index in [1.807, 2.05) is 54.6 Å². The zero-order valence-electron chi connectivity index (χ0n) is 23.8. The summed E-state index contributed by atoms with van der Waals surface area (Å²) in [5.41, 5.74) is 9.17. The molecular formula is C39H21N5S. The molecule has 9 rings (SSSR count). The van der Waals surface area contributed by atoms with Crippen molar-refractivity contribution in [3.63, 3.8) is 0 Å². The van der Waals surface area contributed by atoms with Gasteiger partial charge in [-0.3, -0.25) is 0 Å². The summed E-state index contributed by atoms with van der Waals surface area (Å²) in [7, 11) is 0. The van der Waals surface area contributed by atoms with Crippen LogP contribution in [0.4, 0.5) is 0 Å². The molecule has 0 aliphatic carbocycles. The SMILES string of the molecule is N#Cc1ccc2c3ccccc3n(-c3cc(-c4nc5ccccc5s4)cc(-n4c5ccccc5c5ccc(C#N)cc54)c3)c2c1. The molecule has 3 heterocycles. The van der Waals surface area contributed by atoms with Crippen LogP contribution in [0, 0.1) is 22.7 Å². The highest BCUT2D eigenvalue weighted by Crippen LogP contribution is 2.39. The molecule has 0 saturated carbocycles. The number of para-hydroxylation sites is 3. The van der Waals surface area contributed by atoms with Gasteiger partial charge in [0.05, 0.1) is 55.5 Å². The van der Waals surface area contributed by atoms with Crippen LogP contribution in [-0.4, -0.2) is 14.1 Å². The van der Waals surface area contributed by atoms with Crippen LogP contribution < -0.4 is 0 Å². The Balaban J connectivity index is 1.42. The Kier molecular flexibility index (Phi) is 5.43. The van der Waals surface area contributed by atoms with E-state index in [1.54, 1.807) is 11.3 Å². The molecule has 0 fully saturated rings. The molecule has 6 heteroatoms. The number of benzene rings is 6. The molecule has 0 atom stereocenters. The third-order valence-electron chi connectivity index (χ3n) is 8.57. The smallest absolute Gasteiger partial charge is 0.124 e. The number of hydrogen-bond donors (Lipinski definition) is 0. The topological polar surface area (TPSA) is 70.3 Å². The van der Waals surface area contributed by atoms with E-state index in [9.17, 15) is 10.5 Å². The van der Waals surface area contributed by atoms with E-state index in [0.29, 0.717) is 11.1 Å². The van der Waals surface area contributed by atoms with Crippen LogP contribution in [0.5, 0.6) is 0 Å². The molecule has 45 heavy (non-hydrogen) atoms. The van der Waals surface area contributed by atoms with Gasteiger partial charge in [0.2, 0.25) is 0 Å². The van der Waals surface area contributed by atoms with Crippen LogP contribution in [0.25, 0.3) is 75.8 Å². The highest BCUT2D eigenvalue weighted by Gasteiger charge is 2.19. The Morgan fingerprint density at radius 2 is 1.02 bits per heavy atom. The van der Waals surface area contributed by atoms with Crippen molar-refractivity contribution in [2.75, 3.05) is 0 Å². The fraction of sp³-hybridized carbons (Fsp3) is 0. The van der Waals surface area contributed by atoms with Crippen LogP contribution in [0.15, 0.2) is 127 Å². The maximum absolute atomic E-state index is 9.82. The van der Waals surface area contributed by atoms with Crippen molar-refractivity contribution in [3.8, 4) is 34.1 Å².